The number of benzene rings is 2. The van der Waals surface area contributed by atoms with Crippen LogP contribution in [0.1, 0.15) is 46.3 Å². The molecule has 0 aromatic heterocycles. The average Bonchev–Trinajstić information content (AvgIpc) is 2.99. The molecule has 28 heavy (non-hydrogen) atoms. The van der Waals surface area contributed by atoms with Gasteiger partial charge in [-0.1, -0.05) is 36.4 Å². The van der Waals surface area contributed by atoms with E-state index in [1.54, 1.807) is 29.2 Å². The number of aryl methyl sites for hydroxylation is 2. The number of fused-ring (bicyclic) bond motifs is 4. The molecule has 2 aliphatic carbocycles. The molecule has 0 amide bonds. The first-order chi connectivity index (χ1) is 13.3. The van der Waals surface area contributed by atoms with Gasteiger partial charge in [0.2, 0.25) is 17.1 Å². The topological polar surface area (TPSA) is 77.8 Å². The van der Waals surface area contributed by atoms with Gasteiger partial charge in [0.15, 0.2) is 5.78 Å². The molecule has 0 unspecified atom stereocenters. The third-order valence-corrected chi connectivity index (χ3v) is 6.33. The predicted octanol–water partition coefficient (Wildman–Crippen LogP) is 2.90. The minimum absolute atomic E-state index is 0.0587. The zero-order valence-corrected chi connectivity index (χ0v) is 15.8. The number of hydrogen-bond donors (Lipinski definition) is 2. The Morgan fingerprint density at radius 2 is 1.75 bits per heavy atom. The molecular weight excluding hydrogens is 354 g/mol. The molecule has 2 N–H and O–H groups in total. The van der Waals surface area contributed by atoms with E-state index in [-0.39, 0.29) is 23.3 Å². The highest BCUT2D eigenvalue weighted by Gasteiger charge is 2.73. The quantitative estimate of drug-likeness (QED) is 0.801. The summed E-state index contributed by atoms with van der Waals surface area (Å²) in [6, 6.07) is 12.5. The molecule has 0 fully saturated rings. The van der Waals surface area contributed by atoms with E-state index in [4.69, 9.17) is 0 Å². The molecule has 5 heteroatoms. The van der Waals surface area contributed by atoms with Crippen molar-refractivity contribution in [3.63, 3.8) is 0 Å². The zero-order chi connectivity index (χ0) is 19.8. The summed E-state index contributed by atoms with van der Waals surface area (Å²) in [5.41, 5.74) is -0.542. The molecule has 2 aromatic carbocycles. The molecule has 1 heterocycles. The van der Waals surface area contributed by atoms with Crippen molar-refractivity contribution in [1.82, 2.24) is 0 Å². The molecule has 142 valence electrons. The van der Waals surface area contributed by atoms with E-state index in [0.29, 0.717) is 29.8 Å². The second-order valence-electron chi connectivity index (χ2n) is 7.98. The lowest BCUT2D eigenvalue weighted by Crippen LogP contribution is -2.58. The van der Waals surface area contributed by atoms with Crippen molar-refractivity contribution in [1.29, 1.82) is 0 Å². The van der Waals surface area contributed by atoms with Crippen molar-refractivity contribution in [2.75, 3.05) is 4.90 Å². The number of anilines is 1. The number of carbonyl (C=O) groups is 2. The van der Waals surface area contributed by atoms with Gasteiger partial charge in [-0.25, -0.2) is 0 Å². The number of rotatable bonds is 1. The number of aliphatic hydroxyl groups is 2. The number of hydrogen-bond acceptors (Lipinski definition) is 5. The standard InChI is InChI=1S/C23H21NO4/c1-13-10-11-14(2)18(12-13)24-17-8-5-9-19(25)20(17)22(27)21(26)15-6-3-4-7-16(15)23(22,24)28/h3-4,6-7,10-12,27-28H,5,8-9H2,1-2H3/t22-,23+/m0/s1. The molecule has 5 nitrogen and oxygen atoms in total. The van der Waals surface area contributed by atoms with E-state index in [0.717, 1.165) is 11.1 Å². The van der Waals surface area contributed by atoms with Gasteiger partial charge >= 0.3 is 0 Å². The summed E-state index contributed by atoms with van der Waals surface area (Å²) in [7, 11) is 0. The Morgan fingerprint density at radius 1 is 1.00 bits per heavy atom. The van der Waals surface area contributed by atoms with Crippen molar-refractivity contribution < 1.29 is 19.8 Å². The van der Waals surface area contributed by atoms with E-state index in [1.165, 1.54) is 0 Å². The normalized spacial score (nSPS) is 28.5. The summed E-state index contributed by atoms with van der Waals surface area (Å²) in [4.78, 5) is 27.8. The van der Waals surface area contributed by atoms with Gasteiger partial charge in [-0.3, -0.25) is 9.59 Å². The summed E-state index contributed by atoms with van der Waals surface area (Å²) in [5.74, 6) is -0.878. The summed E-state index contributed by atoms with van der Waals surface area (Å²) >= 11 is 0. The van der Waals surface area contributed by atoms with Crippen LogP contribution in [0.4, 0.5) is 5.69 Å². The van der Waals surface area contributed by atoms with Crippen molar-refractivity contribution in [3.8, 4) is 0 Å². The Bertz CT molecular complexity index is 1100. The summed E-state index contributed by atoms with van der Waals surface area (Å²) in [6.07, 6.45) is 1.41. The Labute approximate surface area is 162 Å². The molecule has 0 saturated heterocycles. The lowest BCUT2D eigenvalue weighted by atomic mass is 9.80. The van der Waals surface area contributed by atoms with Crippen LogP contribution in [0.3, 0.4) is 0 Å². The molecule has 0 saturated carbocycles. The number of Topliss-reactive ketones (excluding diaryl/α,β-unsaturated/α-hetero) is 2. The predicted molar refractivity (Wildman–Crippen MR) is 104 cm³/mol. The first kappa shape index (κ1) is 17.3. The second-order valence-corrected chi connectivity index (χ2v) is 7.98. The maximum Gasteiger partial charge on any atom is 0.211 e. The minimum atomic E-state index is -2.29. The van der Waals surface area contributed by atoms with Gasteiger partial charge in [0.05, 0.1) is 5.57 Å². The number of nitrogens with zero attached hydrogens (tertiary/aromatic N) is 1. The molecule has 3 aliphatic rings. The van der Waals surface area contributed by atoms with Crippen LogP contribution in [0, 0.1) is 13.8 Å². The molecule has 2 atom stereocenters. The van der Waals surface area contributed by atoms with Gasteiger partial charge in [-0.15, -0.1) is 0 Å². The highest BCUT2D eigenvalue weighted by molar-refractivity contribution is 6.19. The van der Waals surface area contributed by atoms with Gasteiger partial charge in [0.25, 0.3) is 0 Å². The Balaban J connectivity index is 1.89. The van der Waals surface area contributed by atoms with Gasteiger partial charge in [0.1, 0.15) is 0 Å². The fraction of sp³-hybridized carbons (Fsp3) is 0.304. The smallest absolute Gasteiger partial charge is 0.211 e. The molecular formula is C23H21NO4. The SMILES string of the molecule is Cc1ccc(C)c(N2C3=C(C(=O)CCC3)[C@]3(O)C(=O)c4ccccc4[C@]23O)c1. The van der Waals surface area contributed by atoms with Gasteiger partial charge < -0.3 is 15.1 Å². The van der Waals surface area contributed by atoms with Crippen LogP contribution in [0.15, 0.2) is 53.7 Å². The maximum atomic E-state index is 13.3. The van der Waals surface area contributed by atoms with Crippen molar-refractivity contribution in [3.05, 3.63) is 76.0 Å². The van der Waals surface area contributed by atoms with E-state index in [2.05, 4.69) is 0 Å². The van der Waals surface area contributed by atoms with Crippen LogP contribution >= 0.6 is 0 Å². The van der Waals surface area contributed by atoms with Gasteiger partial charge in [0, 0.05) is 28.9 Å². The molecule has 2 aromatic rings. The summed E-state index contributed by atoms with van der Waals surface area (Å²) in [5, 5.41) is 23.8. The highest BCUT2D eigenvalue weighted by atomic mass is 16.4. The fourth-order valence-electron chi connectivity index (χ4n) is 5.04. The molecule has 0 spiro atoms. The fourth-order valence-corrected chi connectivity index (χ4v) is 5.04. The maximum absolute atomic E-state index is 13.3. The van der Waals surface area contributed by atoms with Gasteiger partial charge in [-0.2, -0.15) is 0 Å². The van der Waals surface area contributed by atoms with Crippen LogP contribution in [0.2, 0.25) is 0 Å². The van der Waals surface area contributed by atoms with E-state index < -0.39 is 17.1 Å². The number of ketones is 2. The number of allylic oxidation sites excluding steroid dienone is 1. The summed E-state index contributed by atoms with van der Waals surface area (Å²) < 4.78 is 0. The first-order valence-electron chi connectivity index (χ1n) is 9.55. The monoisotopic (exact) mass is 375 g/mol. The van der Waals surface area contributed by atoms with Crippen LogP contribution in [-0.2, 0) is 10.5 Å². The Kier molecular flexibility index (Phi) is 3.35. The zero-order valence-electron chi connectivity index (χ0n) is 15.8. The minimum Gasteiger partial charge on any atom is -0.372 e. The van der Waals surface area contributed by atoms with E-state index >= 15 is 0 Å². The van der Waals surface area contributed by atoms with Crippen molar-refractivity contribution in [2.24, 2.45) is 0 Å². The first-order valence-corrected chi connectivity index (χ1v) is 9.55. The third kappa shape index (κ3) is 1.79. The molecule has 1 aliphatic heterocycles. The average molecular weight is 375 g/mol. The van der Waals surface area contributed by atoms with E-state index in [1.807, 2.05) is 32.0 Å². The third-order valence-electron chi connectivity index (χ3n) is 6.33. The Morgan fingerprint density at radius 3 is 2.54 bits per heavy atom. The van der Waals surface area contributed by atoms with Crippen LogP contribution < -0.4 is 4.90 Å². The lowest BCUT2D eigenvalue weighted by Gasteiger charge is -2.41. The second kappa shape index (κ2) is 5.40. The molecule has 5 rings (SSSR count). The van der Waals surface area contributed by atoms with Gasteiger partial charge in [-0.05, 0) is 43.9 Å². The van der Waals surface area contributed by atoms with Crippen molar-refractivity contribution in [2.45, 2.75) is 44.4 Å². The lowest BCUT2D eigenvalue weighted by molar-refractivity contribution is -0.123. The highest BCUT2D eigenvalue weighted by Crippen LogP contribution is 2.60. The molecule has 0 bridgehead atoms. The van der Waals surface area contributed by atoms with Crippen LogP contribution in [-0.4, -0.2) is 27.4 Å². The van der Waals surface area contributed by atoms with Crippen LogP contribution in [0.5, 0.6) is 0 Å². The van der Waals surface area contributed by atoms with Crippen molar-refractivity contribution >= 4 is 17.3 Å². The Hall–Kier alpha value is -2.76. The number of carbonyl (C=O) groups excluding carboxylic acids is 2. The summed E-state index contributed by atoms with van der Waals surface area (Å²) in [6.45, 7) is 3.87. The molecule has 0 radical (unpaired) electrons. The largest absolute Gasteiger partial charge is 0.372 e. The van der Waals surface area contributed by atoms with E-state index in [9.17, 15) is 19.8 Å². The van der Waals surface area contributed by atoms with Crippen LogP contribution in [0.25, 0.3) is 0 Å².